The van der Waals surface area contributed by atoms with Crippen LogP contribution in [0.2, 0.25) is 0 Å². The van der Waals surface area contributed by atoms with Crippen molar-refractivity contribution in [2.24, 2.45) is 0 Å². The van der Waals surface area contributed by atoms with Crippen LogP contribution in [0.3, 0.4) is 0 Å². The fourth-order valence-corrected chi connectivity index (χ4v) is 5.00. The highest BCUT2D eigenvalue weighted by Gasteiger charge is 2.17. The standard InChI is InChI=1S/C25H26N4O3S/c1-4-23-27-21-10-5-6-11-22(21)29(23)16-24(30)26-19-12-14-20(15-13-19)33(31,32)28-25-17(2)8-7-9-18(25)3/h5-15,28H,4,16H2,1-3H3,(H,26,30). The Hall–Kier alpha value is -3.65. The number of amides is 1. The number of anilines is 2. The number of fused-ring (bicyclic) bond motifs is 1. The number of hydrogen-bond acceptors (Lipinski definition) is 4. The van der Waals surface area contributed by atoms with Crippen molar-refractivity contribution >= 4 is 38.3 Å². The zero-order valence-electron chi connectivity index (χ0n) is 18.8. The lowest BCUT2D eigenvalue weighted by Crippen LogP contribution is -2.20. The van der Waals surface area contributed by atoms with E-state index >= 15 is 0 Å². The molecule has 0 spiro atoms. The van der Waals surface area contributed by atoms with Gasteiger partial charge in [-0.05, 0) is 61.4 Å². The van der Waals surface area contributed by atoms with Gasteiger partial charge in [-0.15, -0.1) is 0 Å². The van der Waals surface area contributed by atoms with Gasteiger partial charge >= 0.3 is 0 Å². The number of aryl methyl sites for hydroxylation is 3. The summed E-state index contributed by atoms with van der Waals surface area (Å²) >= 11 is 0. The molecule has 2 N–H and O–H groups in total. The second-order valence-corrected chi connectivity index (χ2v) is 9.58. The Bertz CT molecular complexity index is 1400. The second kappa shape index (κ2) is 9.07. The van der Waals surface area contributed by atoms with E-state index in [4.69, 9.17) is 0 Å². The first-order chi connectivity index (χ1) is 15.8. The SMILES string of the molecule is CCc1nc2ccccc2n1CC(=O)Nc1ccc(S(=O)(=O)Nc2c(C)cccc2C)cc1. The average Bonchev–Trinajstić information content (AvgIpc) is 3.14. The summed E-state index contributed by atoms with van der Waals surface area (Å²) in [6.45, 7) is 5.84. The van der Waals surface area contributed by atoms with E-state index in [-0.39, 0.29) is 17.3 Å². The molecule has 0 aliphatic carbocycles. The Morgan fingerprint density at radius 3 is 2.27 bits per heavy atom. The molecule has 0 bridgehead atoms. The Morgan fingerprint density at radius 2 is 1.61 bits per heavy atom. The van der Waals surface area contributed by atoms with Crippen LogP contribution in [0.1, 0.15) is 23.9 Å². The van der Waals surface area contributed by atoms with Crippen molar-refractivity contribution in [1.82, 2.24) is 9.55 Å². The normalized spacial score (nSPS) is 11.5. The summed E-state index contributed by atoms with van der Waals surface area (Å²) in [7, 11) is -3.75. The summed E-state index contributed by atoms with van der Waals surface area (Å²) in [6.07, 6.45) is 0.710. The van der Waals surface area contributed by atoms with Crippen LogP contribution in [0.4, 0.5) is 11.4 Å². The number of carbonyl (C=O) groups excluding carboxylic acids is 1. The summed E-state index contributed by atoms with van der Waals surface area (Å²) in [5, 5.41) is 2.84. The van der Waals surface area contributed by atoms with Crippen LogP contribution in [0.15, 0.2) is 71.6 Å². The van der Waals surface area contributed by atoms with Gasteiger partial charge in [-0.2, -0.15) is 0 Å². The summed E-state index contributed by atoms with van der Waals surface area (Å²) in [5.41, 5.74) is 4.56. The molecule has 0 saturated carbocycles. The van der Waals surface area contributed by atoms with E-state index in [1.165, 1.54) is 12.1 Å². The van der Waals surface area contributed by atoms with Crippen LogP contribution in [-0.4, -0.2) is 23.9 Å². The Morgan fingerprint density at radius 1 is 0.939 bits per heavy atom. The van der Waals surface area contributed by atoms with Gasteiger partial charge in [0.1, 0.15) is 12.4 Å². The highest BCUT2D eigenvalue weighted by atomic mass is 32.2. The molecule has 1 amide bonds. The molecule has 8 heteroatoms. The lowest BCUT2D eigenvalue weighted by atomic mass is 10.1. The third-order valence-electron chi connectivity index (χ3n) is 5.52. The number of carbonyl (C=O) groups is 1. The van der Waals surface area contributed by atoms with Gasteiger partial charge in [0.15, 0.2) is 0 Å². The first kappa shape index (κ1) is 22.5. The molecule has 0 atom stereocenters. The Balaban J connectivity index is 1.48. The molecule has 170 valence electrons. The van der Waals surface area contributed by atoms with Crippen molar-refractivity contribution in [3.05, 3.63) is 83.7 Å². The number of aromatic nitrogens is 2. The zero-order valence-corrected chi connectivity index (χ0v) is 19.6. The number of rotatable bonds is 7. The van der Waals surface area contributed by atoms with Gasteiger partial charge in [0, 0.05) is 12.1 Å². The smallest absolute Gasteiger partial charge is 0.261 e. The largest absolute Gasteiger partial charge is 0.325 e. The molecule has 4 rings (SSSR count). The van der Waals surface area contributed by atoms with E-state index in [0.29, 0.717) is 17.8 Å². The third kappa shape index (κ3) is 4.75. The van der Waals surface area contributed by atoms with Gasteiger partial charge < -0.3 is 9.88 Å². The van der Waals surface area contributed by atoms with Crippen molar-refractivity contribution in [2.75, 3.05) is 10.0 Å². The van der Waals surface area contributed by atoms with Crippen molar-refractivity contribution in [3.8, 4) is 0 Å². The minimum Gasteiger partial charge on any atom is -0.325 e. The first-order valence-electron chi connectivity index (χ1n) is 10.7. The van der Waals surface area contributed by atoms with E-state index in [2.05, 4.69) is 15.0 Å². The molecular formula is C25H26N4O3S. The maximum Gasteiger partial charge on any atom is 0.261 e. The summed E-state index contributed by atoms with van der Waals surface area (Å²) in [5.74, 6) is 0.627. The highest BCUT2D eigenvalue weighted by molar-refractivity contribution is 7.92. The molecule has 0 fully saturated rings. The number of hydrogen-bond donors (Lipinski definition) is 2. The number of nitrogens with one attached hydrogen (secondary N) is 2. The summed E-state index contributed by atoms with van der Waals surface area (Å²) < 4.78 is 30.2. The molecule has 4 aromatic rings. The Labute approximate surface area is 193 Å². The predicted octanol–water partition coefficient (Wildman–Crippen LogP) is 4.66. The fraction of sp³-hybridized carbons (Fsp3) is 0.200. The molecule has 0 aliphatic rings. The van der Waals surface area contributed by atoms with E-state index in [1.54, 1.807) is 12.1 Å². The van der Waals surface area contributed by atoms with Gasteiger partial charge in [0.05, 0.1) is 21.6 Å². The van der Waals surface area contributed by atoms with E-state index in [1.807, 2.05) is 67.8 Å². The van der Waals surface area contributed by atoms with Crippen LogP contribution >= 0.6 is 0 Å². The minimum absolute atomic E-state index is 0.122. The van der Waals surface area contributed by atoms with Crippen LogP contribution in [-0.2, 0) is 27.8 Å². The van der Waals surface area contributed by atoms with E-state index in [0.717, 1.165) is 28.0 Å². The monoisotopic (exact) mass is 462 g/mol. The number of sulfonamides is 1. The highest BCUT2D eigenvalue weighted by Crippen LogP contribution is 2.24. The fourth-order valence-electron chi connectivity index (χ4n) is 3.80. The average molecular weight is 463 g/mol. The number of benzene rings is 3. The molecule has 3 aromatic carbocycles. The summed E-state index contributed by atoms with van der Waals surface area (Å²) in [4.78, 5) is 17.4. The quantitative estimate of drug-likeness (QED) is 0.418. The van der Waals surface area contributed by atoms with E-state index < -0.39 is 10.0 Å². The molecule has 0 saturated heterocycles. The van der Waals surface area contributed by atoms with Gasteiger partial charge in [-0.1, -0.05) is 37.3 Å². The maximum atomic E-state index is 12.8. The van der Waals surface area contributed by atoms with Crippen molar-refractivity contribution in [2.45, 2.75) is 38.6 Å². The van der Waals surface area contributed by atoms with Crippen LogP contribution < -0.4 is 10.0 Å². The van der Waals surface area contributed by atoms with Gasteiger partial charge in [0.2, 0.25) is 5.91 Å². The number of para-hydroxylation sites is 3. The number of imidazole rings is 1. The number of nitrogens with zero attached hydrogens (tertiary/aromatic N) is 2. The molecule has 7 nitrogen and oxygen atoms in total. The van der Waals surface area contributed by atoms with Crippen molar-refractivity contribution in [3.63, 3.8) is 0 Å². The predicted molar refractivity (Wildman–Crippen MR) is 131 cm³/mol. The van der Waals surface area contributed by atoms with E-state index in [9.17, 15) is 13.2 Å². The first-order valence-corrected chi connectivity index (χ1v) is 12.2. The molecular weight excluding hydrogens is 436 g/mol. The van der Waals surface area contributed by atoms with Gasteiger partial charge in [-0.25, -0.2) is 13.4 Å². The van der Waals surface area contributed by atoms with Crippen LogP contribution in [0, 0.1) is 13.8 Å². The minimum atomic E-state index is -3.75. The molecule has 1 heterocycles. The summed E-state index contributed by atoms with van der Waals surface area (Å²) in [6, 6.07) is 19.4. The molecule has 0 unspecified atom stereocenters. The van der Waals surface area contributed by atoms with Crippen LogP contribution in [0.5, 0.6) is 0 Å². The topological polar surface area (TPSA) is 93.1 Å². The molecule has 0 aliphatic heterocycles. The third-order valence-corrected chi connectivity index (χ3v) is 6.88. The van der Waals surface area contributed by atoms with Gasteiger partial charge in [-0.3, -0.25) is 9.52 Å². The lowest BCUT2D eigenvalue weighted by molar-refractivity contribution is -0.116. The molecule has 0 radical (unpaired) electrons. The lowest BCUT2D eigenvalue weighted by Gasteiger charge is -2.14. The van der Waals surface area contributed by atoms with Crippen LogP contribution in [0.25, 0.3) is 11.0 Å². The van der Waals surface area contributed by atoms with Crippen molar-refractivity contribution < 1.29 is 13.2 Å². The maximum absolute atomic E-state index is 12.8. The Kier molecular flexibility index (Phi) is 6.20. The molecule has 1 aromatic heterocycles. The van der Waals surface area contributed by atoms with Crippen molar-refractivity contribution in [1.29, 1.82) is 0 Å². The second-order valence-electron chi connectivity index (χ2n) is 7.90. The molecule has 33 heavy (non-hydrogen) atoms. The van der Waals surface area contributed by atoms with Gasteiger partial charge in [0.25, 0.3) is 10.0 Å². The zero-order chi connectivity index (χ0) is 23.6.